The molecule has 0 saturated heterocycles. The molecule has 21 heavy (non-hydrogen) atoms. The predicted molar refractivity (Wildman–Crippen MR) is 79.2 cm³/mol. The van der Waals surface area contributed by atoms with Gasteiger partial charge >= 0.3 is 0 Å². The molecule has 0 aliphatic carbocycles. The first-order valence-electron chi connectivity index (χ1n) is 6.67. The van der Waals surface area contributed by atoms with Crippen molar-refractivity contribution in [2.24, 2.45) is 10.9 Å². The Morgan fingerprint density at radius 1 is 1.24 bits per heavy atom. The molecule has 0 atom stereocenters. The third-order valence-corrected chi connectivity index (χ3v) is 2.91. The molecule has 0 aromatic heterocycles. The first kappa shape index (κ1) is 16.5. The van der Waals surface area contributed by atoms with Gasteiger partial charge in [-0.15, -0.1) is 0 Å². The molecule has 1 aromatic rings. The summed E-state index contributed by atoms with van der Waals surface area (Å²) in [5, 5.41) is 14.1. The van der Waals surface area contributed by atoms with Crippen LogP contribution in [-0.4, -0.2) is 47.4 Å². The second kappa shape index (κ2) is 7.88. The normalized spacial score (nSPS) is 11.0. The molecular weight excluding hydrogens is 272 g/mol. The largest absolute Gasteiger partial charge is 0.409 e. The first-order valence-corrected chi connectivity index (χ1v) is 6.67. The average Bonchev–Trinajstić information content (AvgIpc) is 2.51. The lowest BCUT2D eigenvalue weighted by molar-refractivity contribution is -0.121. The van der Waals surface area contributed by atoms with Crippen molar-refractivity contribution in [1.29, 1.82) is 0 Å². The van der Waals surface area contributed by atoms with Crippen LogP contribution in [0.2, 0.25) is 0 Å². The lowest BCUT2D eigenvalue weighted by Crippen LogP contribution is -2.40. The van der Waals surface area contributed by atoms with Crippen LogP contribution in [-0.2, 0) is 4.79 Å². The number of amides is 2. The van der Waals surface area contributed by atoms with Crippen molar-refractivity contribution >= 4 is 17.6 Å². The van der Waals surface area contributed by atoms with Crippen molar-refractivity contribution in [3.63, 3.8) is 0 Å². The van der Waals surface area contributed by atoms with Crippen LogP contribution in [0.5, 0.6) is 0 Å². The van der Waals surface area contributed by atoms with Gasteiger partial charge in [-0.25, -0.2) is 0 Å². The fourth-order valence-corrected chi connectivity index (χ4v) is 1.78. The van der Waals surface area contributed by atoms with Gasteiger partial charge in [-0.2, -0.15) is 0 Å². The topological polar surface area (TPSA) is 108 Å². The van der Waals surface area contributed by atoms with E-state index in [1.165, 1.54) is 4.90 Å². The number of benzene rings is 1. The van der Waals surface area contributed by atoms with E-state index in [1.54, 1.807) is 24.3 Å². The molecule has 0 radical (unpaired) electrons. The number of carbonyl (C=O) groups excluding carboxylic acids is 2. The summed E-state index contributed by atoms with van der Waals surface area (Å²) in [6, 6.07) is 6.33. The van der Waals surface area contributed by atoms with Crippen LogP contribution in [0.3, 0.4) is 0 Å². The van der Waals surface area contributed by atoms with Crippen LogP contribution in [0.4, 0.5) is 0 Å². The van der Waals surface area contributed by atoms with E-state index >= 15 is 0 Å². The molecule has 0 unspecified atom stereocenters. The van der Waals surface area contributed by atoms with Crippen molar-refractivity contribution < 1.29 is 14.8 Å². The van der Waals surface area contributed by atoms with Gasteiger partial charge in [0.25, 0.3) is 5.91 Å². The molecule has 0 bridgehead atoms. The highest BCUT2D eigenvalue weighted by Gasteiger charge is 2.17. The molecule has 7 nitrogen and oxygen atoms in total. The molecule has 114 valence electrons. The van der Waals surface area contributed by atoms with Gasteiger partial charge in [0.2, 0.25) is 5.91 Å². The Bertz CT molecular complexity index is 526. The van der Waals surface area contributed by atoms with Crippen molar-refractivity contribution in [2.75, 3.05) is 19.6 Å². The highest BCUT2D eigenvalue weighted by molar-refractivity contribution is 6.00. The number of carbonyl (C=O) groups is 2. The summed E-state index contributed by atoms with van der Waals surface area (Å²) in [6.45, 7) is 4.60. The highest BCUT2D eigenvalue weighted by atomic mass is 16.4. The number of nitrogens with one attached hydrogen (secondary N) is 1. The average molecular weight is 292 g/mol. The van der Waals surface area contributed by atoms with Gasteiger partial charge < -0.3 is 21.2 Å². The fraction of sp³-hybridized carbons (Fsp3) is 0.357. The first-order chi connectivity index (χ1) is 10.0. The maximum absolute atomic E-state index is 12.3. The van der Waals surface area contributed by atoms with Gasteiger partial charge in [-0.1, -0.05) is 17.3 Å². The van der Waals surface area contributed by atoms with Gasteiger partial charge in [0.15, 0.2) is 5.84 Å². The Morgan fingerprint density at radius 2 is 1.81 bits per heavy atom. The van der Waals surface area contributed by atoms with Crippen molar-refractivity contribution in [2.45, 2.75) is 13.8 Å². The zero-order chi connectivity index (χ0) is 15.8. The van der Waals surface area contributed by atoms with E-state index in [0.717, 1.165) is 0 Å². The smallest absolute Gasteiger partial charge is 0.254 e. The van der Waals surface area contributed by atoms with Crippen molar-refractivity contribution in [3.05, 3.63) is 35.4 Å². The monoisotopic (exact) mass is 292 g/mol. The number of rotatable bonds is 6. The zero-order valence-corrected chi connectivity index (χ0v) is 12.2. The van der Waals surface area contributed by atoms with E-state index in [2.05, 4.69) is 10.5 Å². The summed E-state index contributed by atoms with van der Waals surface area (Å²) in [5.41, 5.74) is 6.41. The van der Waals surface area contributed by atoms with Crippen LogP contribution in [0.15, 0.2) is 29.4 Å². The van der Waals surface area contributed by atoms with Gasteiger partial charge in [-0.05, 0) is 26.0 Å². The number of oxime groups is 1. The Labute approximate surface area is 123 Å². The van der Waals surface area contributed by atoms with Crippen LogP contribution < -0.4 is 11.1 Å². The zero-order valence-electron chi connectivity index (χ0n) is 12.2. The number of nitrogens with zero attached hydrogens (tertiary/aromatic N) is 2. The number of amidine groups is 1. The highest BCUT2D eigenvalue weighted by Crippen LogP contribution is 2.08. The van der Waals surface area contributed by atoms with E-state index in [1.807, 2.05) is 13.8 Å². The van der Waals surface area contributed by atoms with Gasteiger partial charge in [-0.3, -0.25) is 9.59 Å². The van der Waals surface area contributed by atoms with Crippen LogP contribution in [0.25, 0.3) is 0 Å². The summed E-state index contributed by atoms with van der Waals surface area (Å²) in [6.07, 6.45) is 0. The molecule has 0 saturated carbocycles. The summed E-state index contributed by atoms with van der Waals surface area (Å²) in [7, 11) is 0. The van der Waals surface area contributed by atoms with E-state index in [0.29, 0.717) is 24.2 Å². The van der Waals surface area contributed by atoms with E-state index in [9.17, 15) is 9.59 Å². The van der Waals surface area contributed by atoms with Gasteiger partial charge in [0.05, 0.1) is 6.54 Å². The summed E-state index contributed by atoms with van der Waals surface area (Å²) < 4.78 is 0. The fourth-order valence-electron chi connectivity index (χ4n) is 1.78. The molecule has 4 N–H and O–H groups in total. The van der Waals surface area contributed by atoms with Crippen molar-refractivity contribution in [1.82, 2.24) is 10.2 Å². The third kappa shape index (κ3) is 4.48. The molecule has 0 heterocycles. The molecule has 0 aliphatic heterocycles. The Hall–Kier alpha value is -2.57. The van der Waals surface area contributed by atoms with E-state index in [4.69, 9.17) is 10.9 Å². The SMILES string of the molecule is CCNC(=O)CN(CC)C(=O)c1ccc(C(N)=NO)cc1. The molecule has 1 aromatic carbocycles. The summed E-state index contributed by atoms with van der Waals surface area (Å²) in [5.74, 6) is -0.459. The standard InChI is InChI=1S/C14H20N4O3/c1-3-16-12(19)9-18(4-2)14(20)11-7-5-10(6-8-11)13(15)17-21/h5-8,21H,3-4,9H2,1-2H3,(H2,15,17)(H,16,19). The maximum atomic E-state index is 12.3. The van der Waals surface area contributed by atoms with E-state index < -0.39 is 0 Å². The Balaban J connectivity index is 2.83. The summed E-state index contributed by atoms with van der Waals surface area (Å²) in [4.78, 5) is 25.3. The Kier molecular flexibility index (Phi) is 6.19. The minimum Gasteiger partial charge on any atom is -0.409 e. The minimum absolute atomic E-state index is 0.0190. The third-order valence-electron chi connectivity index (χ3n) is 2.91. The van der Waals surface area contributed by atoms with E-state index in [-0.39, 0.29) is 24.2 Å². The molecule has 1 rings (SSSR count). The van der Waals surface area contributed by atoms with Crippen LogP contribution in [0, 0.1) is 0 Å². The predicted octanol–water partition coefficient (Wildman–Crippen LogP) is 0.379. The minimum atomic E-state index is -0.241. The molecule has 7 heteroatoms. The molecule has 0 spiro atoms. The van der Waals surface area contributed by atoms with Crippen molar-refractivity contribution in [3.8, 4) is 0 Å². The van der Waals surface area contributed by atoms with Gasteiger partial charge in [0, 0.05) is 24.2 Å². The second-order valence-corrected chi connectivity index (χ2v) is 4.34. The number of hydrogen-bond donors (Lipinski definition) is 3. The molecule has 0 fully saturated rings. The van der Waals surface area contributed by atoms with Gasteiger partial charge in [0.1, 0.15) is 0 Å². The lowest BCUT2D eigenvalue weighted by Gasteiger charge is -2.20. The lowest BCUT2D eigenvalue weighted by atomic mass is 10.1. The quantitative estimate of drug-likeness (QED) is 0.305. The molecule has 2 amide bonds. The summed E-state index contributed by atoms with van der Waals surface area (Å²) >= 11 is 0. The van der Waals surface area contributed by atoms with Crippen LogP contribution >= 0.6 is 0 Å². The number of hydrogen-bond acceptors (Lipinski definition) is 4. The second-order valence-electron chi connectivity index (χ2n) is 4.34. The molecule has 0 aliphatic rings. The maximum Gasteiger partial charge on any atom is 0.254 e. The molecular formula is C14H20N4O3. The number of likely N-dealkylation sites (N-methyl/N-ethyl adjacent to an activating group) is 2. The Morgan fingerprint density at radius 3 is 2.29 bits per heavy atom. The number of nitrogens with two attached hydrogens (primary N) is 1. The van der Waals surface area contributed by atoms with Crippen LogP contribution in [0.1, 0.15) is 29.8 Å².